The van der Waals surface area contributed by atoms with Gasteiger partial charge in [-0.25, -0.2) is 4.98 Å². The van der Waals surface area contributed by atoms with Crippen LogP contribution in [0.3, 0.4) is 0 Å². The highest BCUT2D eigenvalue weighted by atomic mass is 35.5. The highest BCUT2D eigenvalue weighted by Crippen LogP contribution is 2.41. The Morgan fingerprint density at radius 2 is 2.21 bits per heavy atom. The lowest BCUT2D eigenvalue weighted by molar-refractivity contribution is -0.385. The van der Waals surface area contributed by atoms with Crippen molar-refractivity contribution < 1.29 is 4.92 Å². The van der Waals surface area contributed by atoms with Crippen molar-refractivity contribution in [3.05, 3.63) is 32.5 Å². The standard InChI is InChI=1S/C11H11ClN4O2S/c12-10-9(16(17)18)8(7-3-1-2-4-7)14-15(10)11-13-5-6-19-11/h5-7H,1-4H2. The van der Waals surface area contributed by atoms with Crippen LogP contribution in [0.15, 0.2) is 11.6 Å². The third-order valence-electron chi connectivity index (χ3n) is 3.36. The first kappa shape index (κ1) is 12.6. The minimum absolute atomic E-state index is 0.0434. The number of halogens is 1. The largest absolute Gasteiger partial charge is 0.329 e. The lowest BCUT2D eigenvalue weighted by atomic mass is 10.0. The molecule has 0 radical (unpaired) electrons. The van der Waals surface area contributed by atoms with Crippen LogP contribution in [0, 0.1) is 10.1 Å². The zero-order valence-corrected chi connectivity index (χ0v) is 11.5. The van der Waals surface area contributed by atoms with Gasteiger partial charge in [0.25, 0.3) is 0 Å². The average molecular weight is 299 g/mol. The number of rotatable bonds is 3. The predicted molar refractivity (Wildman–Crippen MR) is 72.1 cm³/mol. The lowest BCUT2D eigenvalue weighted by Gasteiger charge is -2.03. The number of hydrogen-bond donors (Lipinski definition) is 0. The maximum Gasteiger partial charge on any atom is 0.329 e. The van der Waals surface area contributed by atoms with Crippen molar-refractivity contribution in [1.29, 1.82) is 0 Å². The Hall–Kier alpha value is -1.47. The zero-order valence-electron chi connectivity index (χ0n) is 9.95. The number of aromatic nitrogens is 3. The molecule has 100 valence electrons. The zero-order chi connectivity index (χ0) is 13.4. The third kappa shape index (κ3) is 2.12. The van der Waals surface area contributed by atoms with E-state index in [1.807, 2.05) is 0 Å². The molecule has 0 spiro atoms. The van der Waals surface area contributed by atoms with Crippen LogP contribution < -0.4 is 0 Å². The summed E-state index contributed by atoms with van der Waals surface area (Å²) in [4.78, 5) is 14.9. The number of nitro groups is 1. The molecule has 0 atom stereocenters. The molecule has 0 unspecified atom stereocenters. The third-order valence-corrected chi connectivity index (χ3v) is 4.44. The molecule has 8 heteroatoms. The van der Waals surface area contributed by atoms with E-state index >= 15 is 0 Å². The molecule has 1 saturated carbocycles. The molecule has 3 rings (SSSR count). The van der Waals surface area contributed by atoms with Crippen LogP contribution in [-0.2, 0) is 0 Å². The Balaban J connectivity index is 2.13. The molecule has 0 bridgehead atoms. The maximum atomic E-state index is 11.2. The van der Waals surface area contributed by atoms with Gasteiger partial charge in [-0.2, -0.15) is 9.78 Å². The van der Waals surface area contributed by atoms with Crippen LogP contribution in [0.5, 0.6) is 0 Å². The second kappa shape index (κ2) is 4.90. The minimum Gasteiger partial charge on any atom is -0.258 e. The summed E-state index contributed by atoms with van der Waals surface area (Å²) in [7, 11) is 0. The van der Waals surface area contributed by atoms with Gasteiger partial charge in [0.1, 0.15) is 5.69 Å². The Labute approximate surface area is 118 Å². The summed E-state index contributed by atoms with van der Waals surface area (Å²) in [6.45, 7) is 0. The average Bonchev–Trinajstić information content (AvgIpc) is 3.08. The van der Waals surface area contributed by atoms with Crippen molar-refractivity contribution in [1.82, 2.24) is 14.8 Å². The second-order valence-corrected chi connectivity index (χ2v) is 5.72. The molecule has 0 aliphatic heterocycles. The van der Waals surface area contributed by atoms with E-state index in [0.717, 1.165) is 25.7 Å². The monoisotopic (exact) mass is 298 g/mol. The van der Waals surface area contributed by atoms with E-state index in [-0.39, 0.29) is 16.8 Å². The molecular weight excluding hydrogens is 288 g/mol. The predicted octanol–water partition coefficient (Wildman–Crippen LogP) is 3.55. The van der Waals surface area contributed by atoms with Gasteiger partial charge in [0.15, 0.2) is 0 Å². The summed E-state index contributed by atoms with van der Waals surface area (Å²) in [5.41, 5.74) is 0.437. The van der Waals surface area contributed by atoms with E-state index in [2.05, 4.69) is 10.1 Å². The molecule has 1 fully saturated rings. The van der Waals surface area contributed by atoms with Crippen molar-refractivity contribution in [3.8, 4) is 5.13 Å². The lowest BCUT2D eigenvalue weighted by Crippen LogP contribution is -2.00. The Morgan fingerprint density at radius 3 is 2.79 bits per heavy atom. The van der Waals surface area contributed by atoms with E-state index < -0.39 is 4.92 Å². The summed E-state index contributed by atoms with van der Waals surface area (Å²) < 4.78 is 1.37. The van der Waals surface area contributed by atoms with E-state index in [1.54, 1.807) is 11.6 Å². The fraction of sp³-hybridized carbons (Fsp3) is 0.455. The van der Waals surface area contributed by atoms with E-state index in [9.17, 15) is 10.1 Å². The molecule has 0 saturated heterocycles. The van der Waals surface area contributed by atoms with Crippen molar-refractivity contribution in [2.24, 2.45) is 0 Å². The van der Waals surface area contributed by atoms with Gasteiger partial charge in [0, 0.05) is 17.5 Å². The highest BCUT2D eigenvalue weighted by molar-refractivity contribution is 7.12. The van der Waals surface area contributed by atoms with Gasteiger partial charge in [-0.1, -0.05) is 24.4 Å². The van der Waals surface area contributed by atoms with Crippen LogP contribution >= 0.6 is 22.9 Å². The van der Waals surface area contributed by atoms with Gasteiger partial charge >= 0.3 is 5.69 Å². The first-order valence-corrected chi connectivity index (χ1v) is 7.27. The molecule has 0 amide bonds. The molecule has 1 aliphatic carbocycles. The van der Waals surface area contributed by atoms with Crippen LogP contribution in [0.1, 0.15) is 37.3 Å². The van der Waals surface area contributed by atoms with Gasteiger partial charge < -0.3 is 0 Å². The number of thiazole rings is 1. The molecule has 19 heavy (non-hydrogen) atoms. The molecule has 1 aliphatic rings. The van der Waals surface area contributed by atoms with Crippen molar-refractivity contribution >= 4 is 28.6 Å². The minimum atomic E-state index is -0.437. The first-order chi connectivity index (χ1) is 9.18. The van der Waals surface area contributed by atoms with Gasteiger partial charge in [0.2, 0.25) is 10.3 Å². The molecular formula is C11H11ClN4O2S. The Morgan fingerprint density at radius 1 is 1.47 bits per heavy atom. The van der Waals surface area contributed by atoms with E-state index in [1.165, 1.54) is 16.0 Å². The Kier molecular flexibility index (Phi) is 3.24. The van der Waals surface area contributed by atoms with Gasteiger partial charge in [-0.3, -0.25) is 10.1 Å². The Bertz CT molecular complexity index is 604. The summed E-state index contributed by atoms with van der Waals surface area (Å²) in [6.07, 6.45) is 5.67. The molecule has 0 N–H and O–H groups in total. The van der Waals surface area contributed by atoms with Gasteiger partial charge in [-0.15, -0.1) is 11.3 Å². The molecule has 2 aromatic heterocycles. The normalized spacial score (nSPS) is 16.1. The van der Waals surface area contributed by atoms with Gasteiger partial charge in [-0.05, 0) is 12.8 Å². The quantitative estimate of drug-likeness (QED) is 0.641. The number of nitrogens with zero attached hydrogens (tertiary/aromatic N) is 4. The molecule has 6 nitrogen and oxygen atoms in total. The summed E-state index contributed by atoms with van der Waals surface area (Å²) in [6, 6.07) is 0. The molecule has 2 heterocycles. The van der Waals surface area contributed by atoms with Crippen molar-refractivity contribution in [2.45, 2.75) is 31.6 Å². The summed E-state index contributed by atoms with van der Waals surface area (Å²) >= 11 is 7.47. The van der Waals surface area contributed by atoms with Gasteiger partial charge in [0.05, 0.1) is 4.92 Å². The first-order valence-electron chi connectivity index (χ1n) is 6.01. The second-order valence-electron chi connectivity index (χ2n) is 4.49. The summed E-state index contributed by atoms with van der Waals surface area (Å²) in [5, 5.41) is 18.0. The fourth-order valence-corrected chi connectivity index (χ4v) is 3.43. The van der Waals surface area contributed by atoms with Crippen LogP contribution in [0.4, 0.5) is 5.69 Å². The van der Waals surface area contributed by atoms with E-state index in [4.69, 9.17) is 11.6 Å². The number of hydrogen-bond acceptors (Lipinski definition) is 5. The smallest absolute Gasteiger partial charge is 0.258 e. The molecule has 2 aromatic rings. The SMILES string of the molecule is O=[N+]([O-])c1c(C2CCCC2)nn(-c2nccs2)c1Cl. The van der Waals surface area contributed by atoms with Crippen LogP contribution in [0.2, 0.25) is 5.15 Å². The highest BCUT2D eigenvalue weighted by Gasteiger charge is 2.34. The maximum absolute atomic E-state index is 11.2. The van der Waals surface area contributed by atoms with Crippen molar-refractivity contribution in [3.63, 3.8) is 0 Å². The fourth-order valence-electron chi connectivity index (χ4n) is 2.50. The van der Waals surface area contributed by atoms with Crippen LogP contribution in [0.25, 0.3) is 5.13 Å². The topological polar surface area (TPSA) is 73.8 Å². The summed E-state index contributed by atoms with van der Waals surface area (Å²) in [5.74, 6) is 0.138. The van der Waals surface area contributed by atoms with Crippen LogP contribution in [-0.4, -0.2) is 19.7 Å². The molecule has 0 aromatic carbocycles. The van der Waals surface area contributed by atoms with E-state index in [0.29, 0.717) is 10.8 Å². The van der Waals surface area contributed by atoms with Crippen molar-refractivity contribution in [2.75, 3.05) is 0 Å².